The number of aliphatic hydroxyl groups excluding tert-OH is 1. The van der Waals surface area contributed by atoms with Gasteiger partial charge in [-0.15, -0.1) is 0 Å². The number of benzene rings is 4. The van der Waals surface area contributed by atoms with Crippen LogP contribution in [0.1, 0.15) is 92.9 Å². The molecule has 7 rings (SSSR count). The minimum absolute atomic E-state index is 0.147. The zero-order valence-electron chi connectivity index (χ0n) is 29.7. The van der Waals surface area contributed by atoms with E-state index < -0.39 is 12.3 Å². The van der Waals surface area contributed by atoms with Crippen LogP contribution in [0.5, 0.6) is 5.75 Å². The maximum Gasteiger partial charge on any atom is 0.226 e. The summed E-state index contributed by atoms with van der Waals surface area (Å²) >= 11 is 0. The molecule has 3 aliphatic carbocycles. The quantitative estimate of drug-likeness (QED) is 0.139. The van der Waals surface area contributed by atoms with Crippen molar-refractivity contribution in [2.75, 3.05) is 13.1 Å². The Hall–Kier alpha value is -3.70. The first kappa shape index (κ1) is 34.7. The highest BCUT2D eigenvalue weighted by atomic mass is 19.1. The molecule has 0 radical (unpaired) electrons. The van der Waals surface area contributed by atoms with Crippen molar-refractivity contribution in [1.82, 2.24) is 4.90 Å². The predicted octanol–water partition coefficient (Wildman–Crippen LogP) is 9.59. The minimum Gasteiger partial charge on any atom is -0.508 e. The fraction of sp³-hybridized carbons (Fsp3) is 0.489. The van der Waals surface area contributed by atoms with E-state index in [0.717, 1.165) is 94.0 Å². The molecule has 50 heavy (non-hydrogen) atoms. The van der Waals surface area contributed by atoms with Crippen molar-refractivity contribution >= 4 is 16.7 Å². The number of aliphatic hydroxyl groups is 1. The minimum atomic E-state index is -0.972. The second-order valence-corrected chi connectivity index (χ2v) is 15.9. The SMILES string of the molecule is C[C@]12C[C@H](F)[C@@H]3c4ccc(O)cc4C[C@@H](CCCCCCN(CCCc4ccccc4)C(=O)Cc4ccc5ccccc5c4)[C@H]3[C@@H]1CC[C@@H]2O. The third-order valence-electron chi connectivity index (χ3n) is 12.8. The number of carbonyl (C=O) groups excluding carboxylic acids is 1. The zero-order chi connectivity index (χ0) is 34.7. The molecule has 4 aromatic rings. The van der Waals surface area contributed by atoms with Crippen molar-refractivity contribution in [2.45, 2.75) is 102 Å². The number of alkyl halides is 1. The van der Waals surface area contributed by atoms with E-state index in [9.17, 15) is 15.0 Å². The molecule has 7 atom stereocenters. The first-order chi connectivity index (χ1) is 24.3. The molecule has 0 heterocycles. The summed E-state index contributed by atoms with van der Waals surface area (Å²) in [6, 6.07) is 30.7. The van der Waals surface area contributed by atoms with Crippen molar-refractivity contribution in [3.8, 4) is 5.75 Å². The first-order valence-electron chi connectivity index (χ1n) is 19.2. The Morgan fingerprint density at radius 3 is 2.44 bits per heavy atom. The molecule has 0 saturated heterocycles. The maximum atomic E-state index is 16.1. The average Bonchev–Trinajstić information content (AvgIpc) is 3.41. The number of unbranched alkanes of at least 4 members (excludes halogenated alkanes) is 3. The van der Waals surface area contributed by atoms with Crippen molar-refractivity contribution < 1.29 is 19.4 Å². The van der Waals surface area contributed by atoms with Crippen molar-refractivity contribution in [3.05, 3.63) is 113 Å². The lowest BCUT2D eigenvalue weighted by molar-refractivity contribution is -0.130. The van der Waals surface area contributed by atoms with Gasteiger partial charge < -0.3 is 15.1 Å². The topological polar surface area (TPSA) is 60.8 Å². The number of halogens is 1. The highest BCUT2D eigenvalue weighted by Crippen LogP contribution is 2.63. The average molecular weight is 676 g/mol. The number of aryl methyl sites for hydroxylation is 1. The highest BCUT2D eigenvalue weighted by Gasteiger charge is 2.59. The number of fused-ring (bicyclic) bond motifs is 6. The number of phenols is 1. The van der Waals surface area contributed by atoms with Gasteiger partial charge in [-0.25, -0.2) is 4.39 Å². The van der Waals surface area contributed by atoms with Gasteiger partial charge in [0.05, 0.1) is 12.5 Å². The van der Waals surface area contributed by atoms with Crippen LogP contribution in [0.2, 0.25) is 0 Å². The van der Waals surface area contributed by atoms with Gasteiger partial charge in [0.2, 0.25) is 5.91 Å². The fourth-order valence-electron chi connectivity index (χ4n) is 10.2. The van der Waals surface area contributed by atoms with Crippen molar-refractivity contribution in [2.24, 2.45) is 23.2 Å². The Balaban J connectivity index is 0.966. The summed E-state index contributed by atoms with van der Waals surface area (Å²) < 4.78 is 16.1. The second kappa shape index (κ2) is 15.3. The number of phenolic OH excluding ortho intramolecular Hbond substituents is 1. The van der Waals surface area contributed by atoms with E-state index in [0.29, 0.717) is 24.7 Å². The summed E-state index contributed by atoms with van der Waals surface area (Å²) in [6.07, 6.45) is 9.20. The van der Waals surface area contributed by atoms with Crippen LogP contribution < -0.4 is 0 Å². The molecule has 0 spiro atoms. The van der Waals surface area contributed by atoms with E-state index in [1.54, 1.807) is 6.07 Å². The molecule has 2 saturated carbocycles. The van der Waals surface area contributed by atoms with Gasteiger partial charge in [-0.1, -0.05) is 105 Å². The molecular weight excluding hydrogens is 621 g/mol. The molecule has 2 fully saturated rings. The largest absolute Gasteiger partial charge is 0.508 e. The summed E-state index contributed by atoms with van der Waals surface area (Å²) in [5.74, 6) is 1.22. The summed E-state index contributed by atoms with van der Waals surface area (Å²) in [7, 11) is 0. The summed E-state index contributed by atoms with van der Waals surface area (Å²) in [6.45, 7) is 3.66. The smallest absolute Gasteiger partial charge is 0.226 e. The monoisotopic (exact) mass is 675 g/mol. The number of nitrogens with zero attached hydrogens (tertiary/aromatic N) is 1. The molecule has 0 bridgehead atoms. The van der Waals surface area contributed by atoms with E-state index in [4.69, 9.17) is 0 Å². The van der Waals surface area contributed by atoms with Crippen LogP contribution in [-0.2, 0) is 24.1 Å². The number of hydrogen-bond donors (Lipinski definition) is 2. The lowest BCUT2D eigenvalue weighted by atomic mass is 9.51. The normalized spacial score (nSPS) is 27.0. The van der Waals surface area contributed by atoms with Crippen LogP contribution in [-0.4, -0.2) is 46.4 Å². The number of rotatable bonds is 13. The van der Waals surface area contributed by atoms with Crippen LogP contribution in [0.25, 0.3) is 10.8 Å². The van der Waals surface area contributed by atoms with Crippen LogP contribution >= 0.6 is 0 Å². The van der Waals surface area contributed by atoms with Gasteiger partial charge in [0.1, 0.15) is 11.9 Å². The lowest BCUT2D eigenvalue weighted by Crippen LogP contribution is -2.51. The Bertz CT molecular complexity index is 1760. The van der Waals surface area contributed by atoms with E-state index in [2.05, 4.69) is 66.4 Å². The molecule has 4 aromatic carbocycles. The highest BCUT2D eigenvalue weighted by molar-refractivity contribution is 5.85. The standard InChI is InChI=1S/C45H54FNO3/c1-45-30-40(46)44-38-21-20-37(48)29-36(38)28-35(43(44)39(45)22-23-41(45)49)17-7-2-3-10-24-47(25-11-14-31-12-5-4-6-13-31)42(50)27-32-18-19-33-15-8-9-16-34(33)26-32/h4-6,8-9,12-13,15-16,18-21,26,29,35,39-41,43-44,48-49H,2-3,7,10-11,14,17,22-25,27-28,30H2,1H3/t35-,39+,40+,41+,43+,44+,45+/m1/s1. The molecule has 3 aliphatic rings. The van der Waals surface area contributed by atoms with Gasteiger partial charge in [-0.05, 0) is 120 Å². The molecule has 2 N–H and O–H groups in total. The molecule has 264 valence electrons. The van der Waals surface area contributed by atoms with Crippen LogP contribution in [0.15, 0.2) is 91.0 Å². The zero-order valence-corrected chi connectivity index (χ0v) is 29.7. The maximum absolute atomic E-state index is 16.1. The molecule has 0 aromatic heterocycles. The van der Waals surface area contributed by atoms with E-state index in [1.165, 1.54) is 16.3 Å². The molecule has 4 nitrogen and oxygen atoms in total. The van der Waals surface area contributed by atoms with Crippen molar-refractivity contribution in [1.29, 1.82) is 0 Å². The van der Waals surface area contributed by atoms with Crippen LogP contribution in [0.4, 0.5) is 4.39 Å². The molecular formula is C45H54FNO3. The number of hydrogen-bond acceptors (Lipinski definition) is 3. The van der Waals surface area contributed by atoms with Gasteiger partial charge in [-0.3, -0.25) is 4.79 Å². The van der Waals surface area contributed by atoms with E-state index >= 15 is 4.39 Å². The van der Waals surface area contributed by atoms with Gasteiger partial charge in [-0.2, -0.15) is 0 Å². The van der Waals surface area contributed by atoms with Gasteiger partial charge >= 0.3 is 0 Å². The van der Waals surface area contributed by atoms with Crippen molar-refractivity contribution in [3.63, 3.8) is 0 Å². The third-order valence-corrected chi connectivity index (χ3v) is 12.8. The van der Waals surface area contributed by atoms with Gasteiger partial charge in [0.25, 0.3) is 0 Å². The summed E-state index contributed by atoms with van der Waals surface area (Å²) in [5.41, 5.74) is 4.21. The van der Waals surface area contributed by atoms with Crippen LogP contribution in [0, 0.1) is 23.2 Å². The molecule has 0 aliphatic heterocycles. The number of amides is 1. The third kappa shape index (κ3) is 7.35. The molecule has 1 amide bonds. The van der Waals surface area contributed by atoms with E-state index in [-0.39, 0.29) is 28.9 Å². The Morgan fingerprint density at radius 1 is 0.840 bits per heavy atom. The second-order valence-electron chi connectivity index (χ2n) is 15.9. The molecule has 0 unspecified atom stereocenters. The fourth-order valence-corrected chi connectivity index (χ4v) is 10.2. The number of carbonyl (C=O) groups is 1. The van der Waals surface area contributed by atoms with Crippen LogP contribution in [0.3, 0.4) is 0 Å². The Labute approximate surface area is 297 Å². The summed E-state index contributed by atoms with van der Waals surface area (Å²) in [4.78, 5) is 15.8. The molecule has 5 heteroatoms. The Morgan fingerprint density at radius 2 is 1.60 bits per heavy atom. The van der Waals surface area contributed by atoms with E-state index in [1.807, 2.05) is 30.3 Å². The summed E-state index contributed by atoms with van der Waals surface area (Å²) in [5, 5.41) is 23.6. The number of aromatic hydroxyl groups is 1. The van der Waals surface area contributed by atoms with Gasteiger partial charge in [0, 0.05) is 19.0 Å². The van der Waals surface area contributed by atoms with Gasteiger partial charge in [0.15, 0.2) is 0 Å². The first-order valence-corrected chi connectivity index (χ1v) is 19.2. The Kier molecular flexibility index (Phi) is 10.6. The predicted molar refractivity (Wildman–Crippen MR) is 200 cm³/mol. The lowest BCUT2D eigenvalue weighted by Gasteiger charge is -2.54.